The van der Waals surface area contributed by atoms with E-state index in [9.17, 15) is 0 Å². The maximum atomic E-state index is 2.54. The molecule has 0 saturated carbocycles. The van der Waals surface area contributed by atoms with Crippen LogP contribution in [0.25, 0.3) is 22.3 Å². The first-order valence-electron chi connectivity index (χ1n) is 11.0. The topological polar surface area (TPSA) is 3.88 Å². The zero-order valence-electron chi connectivity index (χ0n) is 17.7. The Morgan fingerprint density at radius 1 is 0.767 bits per heavy atom. The largest absolute Gasteiger partial charge is 0.201 e. The van der Waals surface area contributed by atoms with Crippen LogP contribution in [-0.2, 0) is 12.0 Å². The van der Waals surface area contributed by atoms with Crippen molar-refractivity contribution >= 4 is 0 Å². The number of benzene rings is 3. The molecule has 0 spiro atoms. The molecule has 30 heavy (non-hydrogen) atoms. The molecule has 1 nitrogen and oxygen atoms in total. The number of hydrogen-bond acceptors (Lipinski definition) is 0. The van der Waals surface area contributed by atoms with Gasteiger partial charge < -0.3 is 0 Å². The Morgan fingerprint density at radius 3 is 2.50 bits per heavy atom. The summed E-state index contributed by atoms with van der Waals surface area (Å²) in [6, 6.07) is 25.3. The average molecular weight is 387 g/mol. The SMILES string of the molecule is Cc1cccc2c1C(C)(C)[n+]1cccc3c1C2c1cc2c(cc1-3)Cc1ccccc1-2. The van der Waals surface area contributed by atoms with Crippen molar-refractivity contribution in [2.75, 3.05) is 0 Å². The number of hydrogen-bond donors (Lipinski definition) is 0. The predicted molar refractivity (Wildman–Crippen MR) is 121 cm³/mol. The molecule has 0 radical (unpaired) electrons. The Kier molecular flexibility index (Phi) is 2.92. The van der Waals surface area contributed by atoms with Gasteiger partial charge in [0, 0.05) is 25.5 Å². The highest BCUT2D eigenvalue weighted by atomic mass is 15.1. The van der Waals surface area contributed by atoms with E-state index in [0.29, 0.717) is 5.92 Å². The number of fused-ring (bicyclic) bond motifs is 8. The number of nitrogens with zero attached hydrogens (tertiary/aromatic N) is 1. The molecule has 144 valence electrons. The first-order chi connectivity index (χ1) is 14.6. The van der Waals surface area contributed by atoms with Gasteiger partial charge in [0.25, 0.3) is 0 Å². The van der Waals surface area contributed by atoms with Gasteiger partial charge in [-0.1, -0.05) is 42.5 Å². The molecule has 1 aromatic heterocycles. The van der Waals surface area contributed by atoms with E-state index in [1.54, 1.807) is 0 Å². The molecule has 2 heterocycles. The van der Waals surface area contributed by atoms with E-state index in [1.807, 2.05) is 0 Å². The summed E-state index contributed by atoms with van der Waals surface area (Å²) >= 11 is 0. The highest BCUT2D eigenvalue weighted by Gasteiger charge is 2.50. The van der Waals surface area contributed by atoms with Gasteiger partial charge >= 0.3 is 0 Å². The minimum Gasteiger partial charge on any atom is -0.192 e. The normalized spacial score (nSPS) is 18.3. The van der Waals surface area contributed by atoms with Gasteiger partial charge in [0.15, 0.2) is 11.7 Å². The molecule has 3 aliphatic rings. The van der Waals surface area contributed by atoms with Crippen molar-refractivity contribution in [3.8, 4) is 22.3 Å². The summed E-state index contributed by atoms with van der Waals surface area (Å²) in [6.07, 6.45) is 3.34. The predicted octanol–water partition coefficient (Wildman–Crippen LogP) is 6.11. The van der Waals surface area contributed by atoms with Crippen LogP contribution in [0, 0.1) is 6.92 Å². The van der Waals surface area contributed by atoms with E-state index in [2.05, 4.69) is 98.3 Å². The van der Waals surface area contributed by atoms with E-state index < -0.39 is 0 Å². The molecular formula is C29H24N+. The van der Waals surface area contributed by atoms with Crippen LogP contribution in [0.3, 0.4) is 0 Å². The summed E-state index contributed by atoms with van der Waals surface area (Å²) < 4.78 is 2.54. The van der Waals surface area contributed by atoms with Crippen molar-refractivity contribution in [2.45, 2.75) is 38.6 Å². The van der Waals surface area contributed by atoms with Crippen LogP contribution in [-0.4, -0.2) is 0 Å². The fraction of sp³-hybridized carbons (Fsp3) is 0.207. The van der Waals surface area contributed by atoms with E-state index in [-0.39, 0.29) is 5.54 Å². The van der Waals surface area contributed by atoms with Crippen LogP contribution in [0.15, 0.2) is 72.9 Å². The molecule has 0 bridgehead atoms. The third-order valence-corrected chi connectivity index (χ3v) is 7.70. The maximum Gasteiger partial charge on any atom is 0.201 e. The fourth-order valence-electron chi connectivity index (χ4n) is 6.55. The standard InChI is InChI=1S/C29H24N/c1-17-8-6-11-22-26-25-16-23-19(14-18-9-4-5-10-20(18)23)15-24(25)21-12-7-13-30(28(21)26)29(2,3)27(17)22/h4-13,15-16,26H,14H2,1-3H3/q+1. The summed E-state index contributed by atoms with van der Waals surface area (Å²) in [7, 11) is 0. The van der Waals surface area contributed by atoms with Gasteiger partial charge in [-0.2, -0.15) is 4.57 Å². The third kappa shape index (κ3) is 1.82. The second-order valence-corrected chi connectivity index (χ2v) is 9.64. The Labute approximate surface area is 177 Å². The number of pyridine rings is 1. The Hall–Kier alpha value is -3.19. The van der Waals surface area contributed by atoms with Crippen molar-refractivity contribution in [3.63, 3.8) is 0 Å². The van der Waals surface area contributed by atoms with Crippen LogP contribution < -0.4 is 4.57 Å². The molecule has 1 heteroatoms. The van der Waals surface area contributed by atoms with E-state index in [4.69, 9.17) is 0 Å². The molecule has 0 N–H and O–H groups in total. The quantitative estimate of drug-likeness (QED) is 0.277. The Balaban J connectivity index is 1.58. The average Bonchev–Trinajstić information content (AvgIpc) is 3.26. The molecule has 0 fully saturated rings. The van der Waals surface area contributed by atoms with Gasteiger partial charge in [0.05, 0.1) is 11.5 Å². The van der Waals surface area contributed by atoms with Crippen LogP contribution >= 0.6 is 0 Å². The van der Waals surface area contributed by atoms with Crippen LogP contribution in [0.1, 0.15) is 58.8 Å². The summed E-state index contributed by atoms with van der Waals surface area (Å²) in [4.78, 5) is 0. The van der Waals surface area contributed by atoms with Crippen molar-refractivity contribution in [1.82, 2.24) is 0 Å². The highest BCUT2D eigenvalue weighted by molar-refractivity contribution is 5.87. The Bertz CT molecular complexity index is 1410. The lowest BCUT2D eigenvalue weighted by atomic mass is 9.75. The third-order valence-electron chi connectivity index (χ3n) is 7.70. The van der Waals surface area contributed by atoms with Crippen molar-refractivity contribution in [1.29, 1.82) is 0 Å². The maximum absolute atomic E-state index is 2.54. The molecule has 2 aliphatic carbocycles. The van der Waals surface area contributed by atoms with Gasteiger partial charge in [-0.25, -0.2) is 0 Å². The first-order valence-corrected chi connectivity index (χ1v) is 11.0. The molecule has 1 unspecified atom stereocenters. The van der Waals surface area contributed by atoms with Gasteiger partial charge in [-0.05, 0) is 76.1 Å². The lowest BCUT2D eigenvalue weighted by molar-refractivity contribution is -0.755. The van der Waals surface area contributed by atoms with Crippen LogP contribution in [0.2, 0.25) is 0 Å². The lowest BCUT2D eigenvalue weighted by Gasteiger charge is -2.33. The highest BCUT2D eigenvalue weighted by Crippen LogP contribution is 2.54. The minimum absolute atomic E-state index is 0.0557. The summed E-state index contributed by atoms with van der Waals surface area (Å²) in [6.45, 7) is 7.01. The van der Waals surface area contributed by atoms with Crippen molar-refractivity contribution in [2.24, 2.45) is 0 Å². The number of aryl methyl sites for hydroxylation is 1. The van der Waals surface area contributed by atoms with Gasteiger partial charge in [-0.15, -0.1) is 0 Å². The lowest BCUT2D eigenvalue weighted by Crippen LogP contribution is -2.59. The molecule has 4 aromatic rings. The molecule has 0 amide bonds. The van der Waals surface area contributed by atoms with E-state index in [1.165, 1.54) is 61.3 Å². The van der Waals surface area contributed by atoms with Crippen LogP contribution in [0.4, 0.5) is 0 Å². The van der Waals surface area contributed by atoms with Crippen molar-refractivity contribution < 1.29 is 4.57 Å². The summed E-state index contributed by atoms with van der Waals surface area (Å²) in [5.74, 6) is 0.317. The second-order valence-electron chi connectivity index (χ2n) is 9.64. The number of aromatic nitrogens is 1. The monoisotopic (exact) mass is 386 g/mol. The van der Waals surface area contributed by atoms with Crippen molar-refractivity contribution in [3.05, 3.63) is 112 Å². The number of rotatable bonds is 0. The van der Waals surface area contributed by atoms with E-state index in [0.717, 1.165) is 6.42 Å². The van der Waals surface area contributed by atoms with Gasteiger partial charge in [-0.3, -0.25) is 0 Å². The fourth-order valence-corrected chi connectivity index (χ4v) is 6.55. The molecular weight excluding hydrogens is 362 g/mol. The molecule has 0 saturated heterocycles. The smallest absolute Gasteiger partial charge is 0.192 e. The zero-order valence-corrected chi connectivity index (χ0v) is 17.7. The second kappa shape index (κ2) is 5.29. The molecule has 1 atom stereocenters. The van der Waals surface area contributed by atoms with E-state index >= 15 is 0 Å². The molecule has 7 rings (SSSR count). The summed E-state index contributed by atoms with van der Waals surface area (Å²) in [5.41, 5.74) is 15.9. The molecule has 1 aliphatic heterocycles. The molecule has 3 aromatic carbocycles. The minimum atomic E-state index is -0.0557. The van der Waals surface area contributed by atoms with Crippen LogP contribution in [0.5, 0.6) is 0 Å². The summed E-state index contributed by atoms with van der Waals surface area (Å²) in [5, 5.41) is 0. The zero-order chi connectivity index (χ0) is 20.2. The van der Waals surface area contributed by atoms with Gasteiger partial charge in [0.2, 0.25) is 5.69 Å². The van der Waals surface area contributed by atoms with Gasteiger partial charge in [0.1, 0.15) is 0 Å². The first kappa shape index (κ1) is 16.6. The Morgan fingerprint density at radius 2 is 1.60 bits per heavy atom.